The molecule has 1 heterocycles. The van der Waals surface area contributed by atoms with E-state index in [1.54, 1.807) is 24.7 Å². The molecule has 5 aromatic rings. The van der Waals surface area contributed by atoms with Gasteiger partial charge in [-0.3, -0.25) is 0 Å². The summed E-state index contributed by atoms with van der Waals surface area (Å²) in [5.74, 6) is -0.376. The molecular formula is C31H25N3O3. The van der Waals surface area contributed by atoms with Crippen molar-refractivity contribution in [3.8, 4) is 17.2 Å². The first-order valence-electron chi connectivity index (χ1n) is 11.9. The minimum Gasteiger partial charge on any atom is -0.465 e. The van der Waals surface area contributed by atoms with Crippen LogP contribution in [0.5, 0.6) is 0 Å². The van der Waals surface area contributed by atoms with Gasteiger partial charge in [-0.25, -0.2) is 9.78 Å². The Morgan fingerprint density at radius 1 is 1.00 bits per heavy atom. The van der Waals surface area contributed by atoms with Crippen molar-refractivity contribution in [2.75, 3.05) is 7.11 Å². The lowest BCUT2D eigenvalue weighted by atomic mass is 9.92. The van der Waals surface area contributed by atoms with E-state index < -0.39 is 6.10 Å². The number of hydrogen-bond donors (Lipinski definition) is 0. The van der Waals surface area contributed by atoms with Crippen LogP contribution in [0.15, 0.2) is 97.5 Å². The second-order valence-electron chi connectivity index (χ2n) is 8.75. The van der Waals surface area contributed by atoms with Crippen molar-refractivity contribution < 1.29 is 14.3 Å². The number of aryl methyl sites for hydroxylation is 1. The van der Waals surface area contributed by atoms with Crippen LogP contribution in [-0.4, -0.2) is 22.6 Å². The van der Waals surface area contributed by atoms with Gasteiger partial charge in [-0.1, -0.05) is 60.7 Å². The van der Waals surface area contributed by atoms with E-state index in [0.717, 1.165) is 38.7 Å². The maximum atomic E-state index is 11.8. The maximum absolute atomic E-state index is 11.8. The fourth-order valence-corrected chi connectivity index (χ4v) is 4.51. The second-order valence-corrected chi connectivity index (χ2v) is 8.75. The summed E-state index contributed by atoms with van der Waals surface area (Å²) in [4.78, 5) is 16.1. The highest BCUT2D eigenvalue weighted by Gasteiger charge is 2.21. The molecule has 6 nitrogen and oxygen atoms in total. The maximum Gasteiger partial charge on any atom is 0.337 e. The summed E-state index contributed by atoms with van der Waals surface area (Å²) in [6.07, 6.45) is 3.11. The average Bonchev–Trinajstić information content (AvgIpc) is 3.38. The van der Waals surface area contributed by atoms with Crippen LogP contribution in [-0.2, 0) is 23.1 Å². The van der Waals surface area contributed by atoms with Gasteiger partial charge < -0.3 is 14.0 Å². The van der Waals surface area contributed by atoms with E-state index in [9.17, 15) is 10.1 Å². The summed E-state index contributed by atoms with van der Waals surface area (Å²) < 4.78 is 13.2. The molecule has 1 unspecified atom stereocenters. The number of ether oxygens (including phenoxy) is 2. The molecule has 0 spiro atoms. The van der Waals surface area contributed by atoms with Crippen LogP contribution in [0, 0.1) is 11.3 Å². The number of methoxy groups -OCH3 is 1. The number of nitriles is 1. The molecule has 0 fully saturated rings. The molecule has 6 heteroatoms. The van der Waals surface area contributed by atoms with Crippen molar-refractivity contribution in [3.63, 3.8) is 0 Å². The Balaban J connectivity index is 1.54. The first kappa shape index (κ1) is 24.0. The Morgan fingerprint density at radius 3 is 2.51 bits per heavy atom. The molecular weight excluding hydrogens is 462 g/mol. The number of esters is 1. The lowest BCUT2D eigenvalue weighted by Gasteiger charge is -2.21. The summed E-state index contributed by atoms with van der Waals surface area (Å²) in [6, 6.07) is 29.6. The van der Waals surface area contributed by atoms with Gasteiger partial charge in [-0.05, 0) is 51.7 Å². The predicted molar refractivity (Wildman–Crippen MR) is 142 cm³/mol. The Kier molecular flexibility index (Phi) is 6.80. The van der Waals surface area contributed by atoms with Crippen LogP contribution in [0.2, 0.25) is 0 Å². The molecule has 0 bridgehead atoms. The van der Waals surface area contributed by atoms with Gasteiger partial charge in [-0.2, -0.15) is 5.26 Å². The first-order chi connectivity index (χ1) is 18.1. The SMILES string of the molecule is COC(=O)c1ccc(COC(c2ccc(C#N)c(-c3cccc4ccccc34)c2)c2cncn2C)cc1. The summed E-state index contributed by atoms with van der Waals surface area (Å²) in [5, 5.41) is 12.1. The van der Waals surface area contributed by atoms with Gasteiger partial charge in [-0.15, -0.1) is 0 Å². The van der Waals surface area contributed by atoms with Crippen molar-refractivity contribution in [2.45, 2.75) is 12.7 Å². The van der Waals surface area contributed by atoms with Crippen molar-refractivity contribution >= 4 is 16.7 Å². The lowest BCUT2D eigenvalue weighted by molar-refractivity contribution is 0.0596. The zero-order valence-electron chi connectivity index (χ0n) is 20.6. The van der Waals surface area contributed by atoms with Gasteiger partial charge in [0.15, 0.2) is 0 Å². The predicted octanol–water partition coefficient (Wildman–Crippen LogP) is 6.20. The largest absolute Gasteiger partial charge is 0.465 e. The van der Waals surface area contributed by atoms with Crippen molar-refractivity contribution in [3.05, 3.63) is 125 Å². The van der Waals surface area contributed by atoms with Gasteiger partial charge in [0.25, 0.3) is 0 Å². The molecule has 4 aromatic carbocycles. The first-order valence-corrected chi connectivity index (χ1v) is 11.9. The number of fused-ring (bicyclic) bond motifs is 1. The fourth-order valence-electron chi connectivity index (χ4n) is 4.51. The van der Waals surface area contributed by atoms with Crippen molar-refractivity contribution in [1.29, 1.82) is 5.26 Å². The third-order valence-corrected chi connectivity index (χ3v) is 6.46. The Hall–Kier alpha value is -4.73. The smallest absolute Gasteiger partial charge is 0.337 e. The summed E-state index contributed by atoms with van der Waals surface area (Å²) >= 11 is 0. The van der Waals surface area contributed by atoms with Gasteiger partial charge in [0.1, 0.15) is 6.10 Å². The Morgan fingerprint density at radius 2 is 1.78 bits per heavy atom. The second kappa shape index (κ2) is 10.5. The van der Waals surface area contributed by atoms with Gasteiger partial charge in [0.05, 0.1) is 49.1 Å². The van der Waals surface area contributed by atoms with Crippen LogP contribution in [0.1, 0.15) is 38.8 Å². The molecule has 0 saturated carbocycles. The monoisotopic (exact) mass is 487 g/mol. The summed E-state index contributed by atoms with van der Waals surface area (Å²) in [6.45, 7) is 0.320. The van der Waals surface area contributed by atoms with E-state index in [1.165, 1.54) is 7.11 Å². The molecule has 182 valence electrons. The molecule has 0 aliphatic rings. The summed E-state index contributed by atoms with van der Waals surface area (Å²) in [7, 11) is 3.29. The van der Waals surface area contributed by atoms with Crippen molar-refractivity contribution in [2.24, 2.45) is 7.05 Å². The number of carbonyl (C=O) groups excluding carboxylic acids is 1. The number of carbonyl (C=O) groups is 1. The highest BCUT2D eigenvalue weighted by Crippen LogP contribution is 2.35. The molecule has 0 N–H and O–H groups in total. The Bertz CT molecular complexity index is 1610. The number of imidazole rings is 1. The van der Waals surface area contributed by atoms with E-state index in [1.807, 2.05) is 66.2 Å². The van der Waals surface area contributed by atoms with E-state index in [2.05, 4.69) is 29.3 Å². The van der Waals surface area contributed by atoms with E-state index >= 15 is 0 Å². The van der Waals surface area contributed by atoms with Gasteiger partial charge in [0, 0.05) is 12.6 Å². The molecule has 0 radical (unpaired) electrons. The topological polar surface area (TPSA) is 77.1 Å². The normalized spacial score (nSPS) is 11.7. The van der Waals surface area contributed by atoms with Gasteiger partial charge in [0.2, 0.25) is 0 Å². The van der Waals surface area contributed by atoms with Crippen LogP contribution in [0.25, 0.3) is 21.9 Å². The molecule has 1 atom stereocenters. The number of aromatic nitrogens is 2. The number of benzene rings is 4. The van der Waals surface area contributed by atoms with E-state index in [4.69, 9.17) is 9.47 Å². The molecule has 0 saturated heterocycles. The van der Waals surface area contributed by atoms with Crippen LogP contribution < -0.4 is 0 Å². The fraction of sp³-hybridized carbons (Fsp3) is 0.129. The molecule has 0 aliphatic heterocycles. The molecule has 5 rings (SSSR count). The van der Waals surface area contributed by atoms with E-state index in [0.29, 0.717) is 17.7 Å². The molecule has 1 aromatic heterocycles. The third kappa shape index (κ3) is 4.86. The number of nitrogens with zero attached hydrogens (tertiary/aromatic N) is 3. The van der Waals surface area contributed by atoms with Crippen LogP contribution in [0.4, 0.5) is 0 Å². The number of hydrogen-bond acceptors (Lipinski definition) is 5. The third-order valence-electron chi connectivity index (χ3n) is 6.46. The van der Waals surface area contributed by atoms with Crippen molar-refractivity contribution in [1.82, 2.24) is 9.55 Å². The van der Waals surface area contributed by atoms with Crippen LogP contribution >= 0.6 is 0 Å². The quantitative estimate of drug-likeness (QED) is 0.255. The molecule has 37 heavy (non-hydrogen) atoms. The van der Waals surface area contributed by atoms with Crippen LogP contribution in [0.3, 0.4) is 0 Å². The Labute approximate surface area is 215 Å². The minimum absolute atomic E-state index is 0.320. The lowest BCUT2D eigenvalue weighted by Crippen LogP contribution is -2.11. The highest BCUT2D eigenvalue weighted by atomic mass is 16.5. The molecule has 0 amide bonds. The minimum atomic E-state index is -0.422. The van der Waals surface area contributed by atoms with E-state index in [-0.39, 0.29) is 5.97 Å². The zero-order chi connectivity index (χ0) is 25.8. The number of rotatable bonds is 7. The summed E-state index contributed by atoms with van der Waals surface area (Å²) in [5.41, 5.74) is 5.66. The zero-order valence-corrected chi connectivity index (χ0v) is 20.6. The molecule has 0 aliphatic carbocycles. The highest BCUT2D eigenvalue weighted by molar-refractivity contribution is 5.98. The average molecular weight is 488 g/mol. The standard InChI is InChI=1S/C31H25N3O3/c1-34-20-33-18-29(34)30(37-19-21-10-12-23(13-11-21)31(35)36-2)24-14-15-25(17-32)28(16-24)27-9-5-7-22-6-3-4-8-26(22)27/h3-16,18,20,30H,19H2,1-2H3. The van der Waals surface area contributed by atoms with Gasteiger partial charge >= 0.3 is 5.97 Å².